The van der Waals surface area contributed by atoms with E-state index in [1.54, 1.807) is 19.4 Å². The predicted octanol–water partition coefficient (Wildman–Crippen LogP) is 2.74. The lowest BCUT2D eigenvalue weighted by molar-refractivity contribution is -0.118. The highest BCUT2D eigenvalue weighted by atomic mass is 16.5. The van der Waals surface area contributed by atoms with E-state index in [0.717, 1.165) is 11.1 Å². The van der Waals surface area contributed by atoms with Gasteiger partial charge in [-0.3, -0.25) is 4.79 Å². The van der Waals surface area contributed by atoms with Crippen LogP contribution in [0.2, 0.25) is 0 Å². The average Bonchev–Trinajstić information content (AvgIpc) is 2.54. The first-order valence-corrected chi connectivity index (χ1v) is 6.83. The highest BCUT2D eigenvalue weighted by Gasteiger charge is 2.05. The van der Waals surface area contributed by atoms with Crippen molar-refractivity contribution >= 4 is 12.1 Å². The number of methoxy groups -OCH3 is 1. The minimum absolute atomic E-state index is 0.217. The molecule has 22 heavy (non-hydrogen) atoms. The molecule has 2 rings (SSSR count). The zero-order valence-electron chi connectivity index (χ0n) is 12.6. The Morgan fingerprint density at radius 2 is 1.95 bits per heavy atom. The molecule has 5 nitrogen and oxygen atoms in total. The SMILES string of the molecule is COc1ccc(/C=N\NC(C)=O)cc1OCc1ccccc1. The molecule has 114 valence electrons. The van der Waals surface area contributed by atoms with E-state index in [-0.39, 0.29) is 5.91 Å². The highest BCUT2D eigenvalue weighted by Crippen LogP contribution is 2.28. The average molecular weight is 298 g/mol. The summed E-state index contributed by atoms with van der Waals surface area (Å²) in [7, 11) is 1.59. The fourth-order valence-corrected chi connectivity index (χ4v) is 1.82. The standard InChI is InChI=1S/C17H18N2O3/c1-13(20)19-18-11-15-8-9-16(21-2)17(10-15)22-12-14-6-4-3-5-7-14/h3-11H,12H2,1-2H3,(H,19,20)/b18-11-. The maximum atomic E-state index is 10.8. The second-order valence-corrected chi connectivity index (χ2v) is 4.61. The molecule has 0 aliphatic carbocycles. The molecule has 0 heterocycles. The number of amides is 1. The van der Waals surface area contributed by atoms with Gasteiger partial charge in [0.05, 0.1) is 13.3 Å². The summed E-state index contributed by atoms with van der Waals surface area (Å²) < 4.78 is 11.1. The van der Waals surface area contributed by atoms with E-state index in [9.17, 15) is 4.79 Å². The zero-order valence-corrected chi connectivity index (χ0v) is 12.6. The molecule has 0 aromatic heterocycles. The van der Waals surface area contributed by atoms with E-state index in [0.29, 0.717) is 18.1 Å². The third-order valence-electron chi connectivity index (χ3n) is 2.86. The van der Waals surface area contributed by atoms with Crippen LogP contribution in [-0.2, 0) is 11.4 Å². The Kier molecular flexibility index (Phi) is 5.54. The van der Waals surface area contributed by atoms with Gasteiger partial charge in [0.1, 0.15) is 6.61 Å². The van der Waals surface area contributed by atoms with Crippen LogP contribution in [0.4, 0.5) is 0 Å². The Labute approximate surface area is 129 Å². The topological polar surface area (TPSA) is 59.9 Å². The van der Waals surface area contributed by atoms with E-state index < -0.39 is 0 Å². The first kappa shape index (κ1) is 15.6. The highest BCUT2D eigenvalue weighted by molar-refractivity contribution is 5.82. The molecule has 0 atom stereocenters. The number of nitrogens with zero attached hydrogens (tertiary/aromatic N) is 1. The minimum Gasteiger partial charge on any atom is -0.493 e. The van der Waals surface area contributed by atoms with Gasteiger partial charge in [-0.25, -0.2) is 5.43 Å². The first-order valence-electron chi connectivity index (χ1n) is 6.83. The van der Waals surface area contributed by atoms with E-state index >= 15 is 0 Å². The fourth-order valence-electron chi connectivity index (χ4n) is 1.82. The Bertz CT molecular complexity index is 654. The monoisotopic (exact) mass is 298 g/mol. The molecule has 0 saturated carbocycles. The second kappa shape index (κ2) is 7.83. The Morgan fingerprint density at radius 3 is 2.64 bits per heavy atom. The lowest BCUT2D eigenvalue weighted by atomic mass is 10.2. The van der Waals surface area contributed by atoms with Crippen molar-refractivity contribution in [3.05, 3.63) is 59.7 Å². The molecule has 0 aliphatic rings. The summed E-state index contributed by atoms with van der Waals surface area (Å²) in [4.78, 5) is 10.8. The quantitative estimate of drug-likeness (QED) is 0.659. The lowest BCUT2D eigenvalue weighted by Gasteiger charge is -2.11. The maximum Gasteiger partial charge on any atom is 0.236 e. The van der Waals surface area contributed by atoms with Crippen LogP contribution >= 0.6 is 0 Å². The lowest BCUT2D eigenvalue weighted by Crippen LogP contribution is -2.12. The third-order valence-corrected chi connectivity index (χ3v) is 2.86. The summed E-state index contributed by atoms with van der Waals surface area (Å²) in [6.07, 6.45) is 1.55. The summed E-state index contributed by atoms with van der Waals surface area (Å²) in [5.74, 6) is 1.05. The van der Waals surface area contributed by atoms with Crippen LogP contribution in [0.3, 0.4) is 0 Å². The van der Waals surface area contributed by atoms with Gasteiger partial charge >= 0.3 is 0 Å². The normalized spacial score (nSPS) is 10.5. The van der Waals surface area contributed by atoms with Crippen LogP contribution in [0, 0.1) is 0 Å². The molecule has 1 amide bonds. The van der Waals surface area contributed by atoms with Gasteiger partial charge in [-0.05, 0) is 29.3 Å². The molecular weight excluding hydrogens is 280 g/mol. The van der Waals surface area contributed by atoms with Gasteiger partial charge in [-0.15, -0.1) is 0 Å². The summed E-state index contributed by atoms with van der Waals surface area (Å²) in [6.45, 7) is 1.85. The number of ether oxygens (including phenoxy) is 2. The van der Waals surface area contributed by atoms with Crippen molar-refractivity contribution in [1.29, 1.82) is 0 Å². The summed E-state index contributed by atoms with van der Waals surface area (Å²) in [5, 5.41) is 3.84. The van der Waals surface area contributed by atoms with Crippen molar-refractivity contribution < 1.29 is 14.3 Å². The van der Waals surface area contributed by atoms with Crippen molar-refractivity contribution in [3.63, 3.8) is 0 Å². The van der Waals surface area contributed by atoms with E-state index in [4.69, 9.17) is 9.47 Å². The molecule has 2 aromatic carbocycles. The Morgan fingerprint density at radius 1 is 1.18 bits per heavy atom. The molecule has 0 unspecified atom stereocenters. The van der Waals surface area contributed by atoms with E-state index in [1.807, 2.05) is 42.5 Å². The maximum absolute atomic E-state index is 10.8. The van der Waals surface area contributed by atoms with Crippen molar-refractivity contribution in [1.82, 2.24) is 5.43 Å². The van der Waals surface area contributed by atoms with Crippen molar-refractivity contribution in [3.8, 4) is 11.5 Å². The fraction of sp³-hybridized carbons (Fsp3) is 0.176. The molecule has 0 spiro atoms. The minimum atomic E-state index is -0.217. The molecule has 0 bridgehead atoms. The van der Waals surface area contributed by atoms with Crippen LogP contribution in [-0.4, -0.2) is 19.2 Å². The van der Waals surface area contributed by atoms with Crippen LogP contribution in [0.15, 0.2) is 53.6 Å². The Hall–Kier alpha value is -2.82. The second-order valence-electron chi connectivity index (χ2n) is 4.61. The molecule has 2 aromatic rings. The zero-order chi connectivity index (χ0) is 15.8. The van der Waals surface area contributed by atoms with Crippen LogP contribution in [0.1, 0.15) is 18.1 Å². The van der Waals surface area contributed by atoms with E-state index in [2.05, 4.69) is 10.5 Å². The number of benzene rings is 2. The smallest absolute Gasteiger partial charge is 0.236 e. The Balaban J connectivity index is 2.10. The summed E-state index contributed by atoms with van der Waals surface area (Å²) >= 11 is 0. The molecule has 0 radical (unpaired) electrons. The number of nitrogens with one attached hydrogen (secondary N) is 1. The molecule has 0 saturated heterocycles. The van der Waals surface area contributed by atoms with Gasteiger partial charge in [-0.1, -0.05) is 30.3 Å². The number of carbonyl (C=O) groups is 1. The number of hydrazone groups is 1. The van der Waals surface area contributed by atoms with Gasteiger partial charge in [0.25, 0.3) is 0 Å². The molecular formula is C17H18N2O3. The van der Waals surface area contributed by atoms with Crippen LogP contribution in [0.5, 0.6) is 11.5 Å². The van der Waals surface area contributed by atoms with Gasteiger partial charge < -0.3 is 9.47 Å². The summed E-state index contributed by atoms with van der Waals surface area (Å²) in [5.41, 5.74) is 4.23. The summed E-state index contributed by atoms with van der Waals surface area (Å²) in [6, 6.07) is 15.3. The van der Waals surface area contributed by atoms with Crippen LogP contribution in [0.25, 0.3) is 0 Å². The van der Waals surface area contributed by atoms with Gasteiger partial charge in [-0.2, -0.15) is 5.10 Å². The largest absolute Gasteiger partial charge is 0.493 e. The van der Waals surface area contributed by atoms with E-state index in [1.165, 1.54) is 6.92 Å². The van der Waals surface area contributed by atoms with Crippen molar-refractivity contribution in [2.45, 2.75) is 13.5 Å². The number of carbonyl (C=O) groups excluding carboxylic acids is 1. The third kappa shape index (κ3) is 4.63. The van der Waals surface area contributed by atoms with Crippen LogP contribution < -0.4 is 14.9 Å². The predicted molar refractivity (Wildman–Crippen MR) is 85.2 cm³/mol. The number of hydrogen-bond acceptors (Lipinski definition) is 4. The molecule has 0 aliphatic heterocycles. The number of rotatable bonds is 6. The van der Waals surface area contributed by atoms with Gasteiger partial charge in [0.2, 0.25) is 5.91 Å². The number of hydrogen-bond donors (Lipinski definition) is 1. The molecule has 1 N–H and O–H groups in total. The van der Waals surface area contributed by atoms with Gasteiger partial charge in [0, 0.05) is 6.92 Å². The van der Waals surface area contributed by atoms with Crippen molar-refractivity contribution in [2.24, 2.45) is 5.10 Å². The van der Waals surface area contributed by atoms with Gasteiger partial charge in [0.15, 0.2) is 11.5 Å². The van der Waals surface area contributed by atoms with Crippen molar-refractivity contribution in [2.75, 3.05) is 7.11 Å². The molecule has 0 fully saturated rings. The molecule has 5 heteroatoms. The first-order chi connectivity index (χ1) is 10.7.